The predicted octanol–water partition coefficient (Wildman–Crippen LogP) is 4.24. The first-order chi connectivity index (χ1) is 12.9. The summed E-state index contributed by atoms with van der Waals surface area (Å²) < 4.78 is 31.7. The van der Waals surface area contributed by atoms with Gasteiger partial charge in [0.15, 0.2) is 5.78 Å². The maximum atomic E-state index is 11.7. The number of benzene rings is 2. The fourth-order valence-corrected chi connectivity index (χ4v) is 3.55. The van der Waals surface area contributed by atoms with Crippen molar-refractivity contribution in [2.75, 3.05) is 0 Å². The van der Waals surface area contributed by atoms with Crippen LogP contribution in [0.3, 0.4) is 0 Å². The van der Waals surface area contributed by atoms with Crippen LogP contribution < -0.4 is 0 Å². The molecule has 0 bridgehead atoms. The fraction of sp³-hybridized carbons (Fsp3) is 0.190. The van der Waals surface area contributed by atoms with Gasteiger partial charge in [-0.2, -0.15) is 8.42 Å². The second-order valence-electron chi connectivity index (χ2n) is 6.45. The van der Waals surface area contributed by atoms with Crippen molar-refractivity contribution in [3.05, 3.63) is 83.7 Å². The van der Waals surface area contributed by atoms with E-state index in [1.807, 2.05) is 37.4 Å². The Labute approximate surface area is 159 Å². The lowest BCUT2D eigenvalue weighted by Gasteiger charge is -2.14. The molecular weight excluding hydrogens is 362 g/mol. The van der Waals surface area contributed by atoms with Crippen molar-refractivity contribution in [1.29, 1.82) is 0 Å². The van der Waals surface area contributed by atoms with Gasteiger partial charge in [0.2, 0.25) is 0 Å². The smallest absolute Gasteiger partial charge is 0.294 e. The van der Waals surface area contributed by atoms with E-state index in [9.17, 15) is 13.2 Å². The average Bonchev–Trinajstić information content (AvgIpc) is 3.08. The maximum Gasteiger partial charge on any atom is 0.294 e. The minimum Gasteiger partial charge on any atom is -0.320 e. The first-order valence-corrected chi connectivity index (χ1v) is 10.1. The highest BCUT2D eigenvalue weighted by Crippen LogP contribution is 2.25. The average molecular weight is 383 g/mol. The molecule has 0 aliphatic heterocycles. The molecule has 140 valence electrons. The topological polar surface area (TPSA) is 76.4 Å². The van der Waals surface area contributed by atoms with Gasteiger partial charge in [-0.25, -0.2) is 0 Å². The van der Waals surface area contributed by atoms with Crippen LogP contribution in [0.4, 0.5) is 0 Å². The fourth-order valence-electron chi connectivity index (χ4n) is 3.07. The van der Waals surface area contributed by atoms with Gasteiger partial charge in [0.25, 0.3) is 10.1 Å². The molecule has 1 heterocycles. The van der Waals surface area contributed by atoms with E-state index in [0.29, 0.717) is 6.42 Å². The number of aromatic nitrogens is 1. The van der Waals surface area contributed by atoms with Gasteiger partial charge in [-0.15, -0.1) is 0 Å². The molecule has 1 N–H and O–H groups in total. The zero-order chi connectivity index (χ0) is 19.4. The molecule has 3 aromatic rings. The number of rotatable bonds is 2. The lowest BCUT2D eigenvalue weighted by Crippen LogP contribution is -2.12. The van der Waals surface area contributed by atoms with E-state index in [1.54, 1.807) is 12.1 Å². The second kappa shape index (κ2) is 7.90. The highest BCUT2D eigenvalue weighted by Gasteiger charge is 2.20. The lowest BCUT2D eigenvalue weighted by atomic mass is 9.97. The predicted molar refractivity (Wildman–Crippen MR) is 104 cm³/mol. The van der Waals surface area contributed by atoms with Crippen LogP contribution in [0.2, 0.25) is 0 Å². The summed E-state index contributed by atoms with van der Waals surface area (Å²) >= 11 is 0. The van der Waals surface area contributed by atoms with E-state index >= 15 is 0 Å². The molecule has 6 heteroatoms. The molecule has 1 aliphatic rings. The first kappa shape index (κ1) is 19.1. The Morgan fingerprint density at radius 1 is 0.926 bits per heavy atom. The molecule has 1 aliphatic carbocycles. The molecule has 0 fully saturated rings. The van der Waals surface area contributed by atoms with Gasteiger partial charge in [0, 0.05) is 29.6 Å². The Hall–Kier alpha value is -2.70. The largest absolute Gasteiger partial charge is 0.320 e. The normalized spacial score (nSPS) is 13.5. The van der Waals surface area contributed by atoms with Crippen LogP contribution in [-0.2, 0) is 16.5 Å². The Kier molecular flexibility index (Phi) is 5.58. The molecular formula is C21H21NO4S. The van der Waals surface area contributed by atoms with Crippen LogP contribution in [-0.4, -0.2) is 23.3 Å². The zero-order valence-corrected chi connectivity index (χ0v) is 15.8. The van der Waals surface area contributed by atoms with Crippen LogP contribution in [0.15, 0.2) is 71.8 Å². The molecule has 27 heavy (non-hydrogen) atoms. The Morgan fingerprint density at radius 3 is 2.22 bits per heavy atom. The maximum absolute atomic E-state index is 11.7. The number of fused-ring (bicyclic) bond motifs is 1. The van der Waals surface area contributed by atoms with E-state index in [1.165, 1.54) is 17.8 Å². The van der Waals surface area contributed by atoms with Crippen molar-refractivity contribution in [3.8, 4) is 5.69 Å². The summed E-state index contributed by atoms with van der Waals surface area (Å²) in [5.41, 5.74) is 4.17. The van der Waals surface area contributed by atoms with E-state index < -0.39 is 10.1 Å². The molecule has 0 radical (unpaired) electrons. The second-order valence-corrected chi connectivity index (χ2v) is 7.87. The van der Waals surface area contributed by atoms with Crippen LogP contribution in [0.5, 0.6) is 0 Å². The van der Waals surface area contributed by atoms with E-state index in [4.69, 9.17) is 4.55 Å². The van der Waals surface area contributed by atoms with Gasteiger partial charge in [-0.3, -0.25) is 9.35 Å². The number of hydrogen-bond donors (Lipinski definition) is 1. The van der Waals surface area contributed by atoms with E-state index in [0.717, 1.165) is 29.7 Å². The van der Waals surface area contributed by atoms with Crippen LogP contribution in [0.1, 0.15) is 34.5 Å². The number of nitrogens with zero attached hydrogens (tertiary/aromatic N) is 1. The SMILES string of the molecule is Cc1ccc(S(=O)(=O)O)cc1.O=C1CCCc2c1ccn2-c1ccccc1. The Balaban J connectivity index is 0.000000168. The summed E-state index contributed by atoms with van der Waals surface area (Å²) in [5.74, 6) is 0.288. The minimum absolute atomic E-state index is 0.0666. The van der Waals surface area contributed by atoms with Gasteiger partial charge in [0.1, 0.15) is 0 Å². The number of para-hydroxylation sites is 1. The third-order valence-electron chi connectivity index (χ3n) is 4.46. The summed E-state index contributed by atoms with van der Waals surface area (Å²) in [6.45, 7) is 1.84. The summed E-state index contributed by atoms with van der Waals surface area (Å²) in [4.78, 5) is 11.7. The molecule has 0 amide bonds. The van der Waals surface area contributed by atoms with E-state index in [-0.39, 0.29) is 10.7 Å². The summed E-state index contributed by atoms with van der Waals surface area (Å²) in [5, 5.41) is 0. The Bertz CT molecular complexity index is 1040. The summed E-state index contributed by atoms with van der Waals surface area (Å²) in [6, 6.07) is 18.1. The molecule has 0 atom stereocenters. The standard InChI is InChI=1S/C14H13NO.C7H8O3S/c16-14-8-4-7-13-12(14)9-10-15(13)11-5-2-1-3-6-11;1-6-2-4-7(5-3-6)11(8,9)10/h1-3,5-6,9-10H,4,7-8H2;2-5H,1H3,(H,8,9,10). The van der Waals surface area contributed by atoms with Crippen molar-refractivity contribution < 1.29 is 17.8 Å². The minimum atomic E-state index is -4.02. The van der Waals surface area contributed by atoms with Crippen LogP contribution in [0.25, 0.3) is 5.69 Å². The van der Waals surface area contributed by atoms with Gasteiger partial charge < -0.3 is 4.57 Å². The molecule has 5 nitrogen and oxygen atoms in total. The molecule has 0 saturated carbocycles. The summed E-state index contributed by atoms with van der Waals surface area (Å²) in [6.07, 6.45) is 4.68. The van der Waals surface area contributed by atoms with Crippen molar-refractivity contribution >= 4 is 15.9 Å². The number of ketones is 1. The van der Waals surface area contributed by atoms with Gasteiger partial charge in [0.05, 0.1) is 4.90 Å². The Morgan fingerprint density at radius 2 is 1.59 bits per heavy atom. The number of aryl methyl sites for hydroxylation is 1. The summed E-state index contributed by atoms with van der Waals surface area (Å²) in [7, 11) is -4.02. The van der Waals surface area contributed by atoms with Crippen molar-refractivity contribution in [3.63, 3.8) is 0 Å². The van der Waals surface area contributed by atoms with Crippen LogP contribution in [0, 0.1) is 6.92 Å². The van der Waals surface area contributed by atoms with E-state index in [2.05, 4.69) is 16.7 Å². The first-order valence-electron chi connectivity index (χ1n) is 8.69. The quantitative estimate of drug-likeness (QED) is 0.672. The van der Waals surface area contributed by atoms with Crippen molar-refractivity contribution in [1.82, 2.24) is 4.57 Å². The number of carbonyl (C=O) groups is 1. The third kappa shape index (κ3) is 4.53. The number of hydrogen-bond acceptors (Lipinski definition) is 3. The van der Waals surface area contributed by atoms with Crippen molar-refractivity contribution in [2.45, 2.75) is 31.1 Å². The van der Waals surface area contributed by atoms with Gasteiger partial charge in [-0.05, 0) is 50.1 Å². The van der Waals surface area contributed by atoms with Gasteiger partial charge >= 0.3 is 0 Å². The van der Waals surface area contributed by atoms with Crippen molar-refractivity contribution in [2.24, 2.45) is 0 Å². The highest BCUT2D eigenvalue weighted by molar-refractivity contribution is 7.85. The zero-order valence-electron chi connectivity index (χ0n) is 15.0. The molecule has 1 aromatic heterocycles. The van der Waals surface area contributed by atoms with Crippen LogP contribution >= 0.6 is 0 Å². The monoisotopic (exact) mass is 383 g/mol. The molecule has 0 spiro atoms. The molecule has 0 saturated heterocycles. The lowest BCUT2D eigenvalue weighted by molar-refractivity contribution is 0.0972. The highest BCUT2D eigenvalue weighted by atomic mass is 32.2. The molecule has 2 aromatic carbocycles. The third-order valence-corrected chi connectivity index (χ3v) is 5.33. The molecule has 0 unspecified atom stereocenters. The number of carbonyl (C=O) groups excluding carboxylic acids is 1. The molecule has 4 rings (SSSR count). The van der Waals surface area contributed by atoms with Gasteiger partial charge in [-0.1, -0.05) is 35.9 Å². The number of Topliss-reactive ketones (excluding diaryl/α,β-unsaturated/α-hetero) is 1.